The highest BCUT2D eigenvalue weighted by atomic mass is 127. The van der Waals surface area contributed by atoms with Gasteiger partial charge in [0.1, 0.15) is 6.04 Å². The van der Waals surface area contributed by atoms with Crippen molar-refractivity contribution in [2.45, 2.75) is 32.9 Å². The SMILES string of the molecule is CC(C)C[C@@H](NCc1ccc(I)cc1)C(=O)O. The quantitative estimate of drug-likeness (QED) is 0.778. The van der Waals surface area contributed by atoms with Crippen molar-refractivity contribution in [3.63, 3.8) is 0 Å². The predicted octanol–water partition coefficient (Wildman–Crippen LogP) is 2.88. The average Bonchev–Trinajstić information content (AvgIpc) is 2.25. The van der Waals surface area contributed by atoms with Gasteiger partial charge in [-0.3, -0.25) is 4.79 Å². The Hall–Kier alpha value is -0.620. The molecule has 0 spiro atoms. The number of hydrogen-bond acceptors (Lipinski definition) is 2. The van der Waals surface area contributed by atoms with Crippen molar-refractivity contribution in [2.75, 3.05) is 0 Å². The van der Waals surface area contributed by atoms with Crippen LogP contribution < -0.4 is 5.32 Å². The highest BCUT2D eigenvalue weighted by Gasteiger charge is 2.17. The van der Waals surface area contributed by atoms with Crippen LogP contribution in [0.1, 0.15) is 25.8 Å². The molecule has 0 aromatic heterocycles. The summed E-state index contributed by atoms with van der Waals surface area (Å²) in [7, 11) is 0. The third-order valence-corrected chi connectivity index (χ3v) is 3.19. The van der Waals surface area contributed by atoms with Gasteiger partial charge in [0.2, 0.25) is 0 Å². The summed E-state index contributed by atoms with van der Waals surface area (Å²) in [6, 6.07) is 7.62. The summed E-state index contributed by atoms with van der Waals surface area (Å²) >= 11 is 2.25. The minimum Gasteiger partial charge on any atom is -0.480 e. The number of rotatable bonds is 6. The van der Waals surface area contributed by atoms with E-state index < -0.39 is 12.0 Å². The van der Waals surface area contributed by atoms with Gasteiger partial charge in [-0.1, -0.05) is 26.0 Å². The minimum atomic E-state index is -0.774. The summed E-state index contributed by atoms with van der Waals surface area (Å²) in [6.45, 7) is 4.66. The number of nitrogens with one attached hydrogen (secondary N) is 1. The van der Waals surface area contributed by atoms with Crippen LogP contribution in [0.2, 0.25) is 0 Å². The van der Waals surface area contributed by atoms with E-state index in [0.29, 0.717) is 18.9 Å². The molecule has 0 heterocycles. The smallest absolute Gasteiger partial charge is 0.320 e. The van der Waals surface area contributed by atoms with Gasteiger partial charge < -0.3 is 10.4 Å². The molecule has 0 radical (unpaired) electrons. The van der Waals surface area contributed by atoms with Crippen molar-refractivity contribution in [3.8, 4) is 0 Å². The van der Waals surface area contributed by atoms with Crippen LogP contribution in [0.3, 0.4) is 0 Å². The van der Waals surface area contributed by atoms with E-state index in [-0.39, 0.29) is 0 Å². The van der Waals surface area contributed by atoms with Crippen molar-refractivity contribution in [2.24, 2.45) is 5.92 Å². The maximum atomic E-state index is 11.0. The topological polar surface area (TPSA) is 49.3 Å². The Morgan fingerprint density at radius 2 is 1.94 bits per heavy atom. The molecule has 1 atom stereocenters. The molecule has 94 valence electrons. The number of halogens is 1. The minimum absolute atomic E-state index is 0.375. The number of carboxylic acids is 1. The summed E-state index contributed by atoms with van der Waals surface area (Å²) in [5, 5.41) is 12.2. The number of aliphatic carboxylic acids is 1. The second-order valence-electron chi connectivity index (χ2n) is 4.53. The Labute approximate surface area is 116 Å². The number of hydrogen-bond donors (Lipinski definition) is 2. The molecule has 0 aliphatic rings. The molecular weight excluding hydrogens is 329 g/mol. The number of carbonyl (C=O) groups is 1. The second kappa shape index (κ2) is 6.96. The van der Waals surface area contributed by atoms with Gasteiger partial charge in [0.15, 0.2) is 0 Å². The van der Waals surface area contributed by atoms with Crippen LogP contribution in [-0.4, -0.2) is 17.1 Å². The lowest BCUT2D eigenvalue weighted by Gasteiger charge is -2.16. The Bertz CT molecular complexity index is 362. The normalized spacial score (nSPS) is 12.7. The Morgan fingerprint density at radius 1 is 1.35 bits per heavy atom. The van der Waals surface area contributed by atoms with Gasteiger partial charge in [-0.25, -0.2) is 0 Å². The first-order valence-electron chi connectivity index (χ1n) is 5.69. The number of benzene rings is 1. The van der Waals surface area contributed by atoms with E-state index in [4.69, 9.17) is 5.11 Å². The fraction of sp³-hybridized carbons (Fsp3) is 0.462. The largest absolute Gasteiger partial charge is 0.480 e. The van der Waals surface area contributed by atoms with Gasteiger partial charge in [0, 0.05) is 10.1 Å². The third kappa shape index (κ3) is 5.50. The van der Waals surface area contributed by atoms with Crippen molar-refractivity contribution in [1.29, 1.82) is 0 Å². The molecule has 0 aliphatic heterocycles. The molecule has 1 aromatic carbocycles. The summed E-state index contributed by atoms with van der Waals surface area (Å²) < 4.78 is 1.18. The Morgan fingerprint density at radius 3 is 2.41 bits per heavy atom. The van der Waals surface area contributed by atoms with Crippen LogP contribution in [0, 0.1) is 9.49 Å². The van der Waals surface area contributed by atoms with Crippen LogP contribution in [0.4, 0.5) is 0 Å². The van der Waals surface area contributed by atoms with Crippen molar-refractivity contribution < 1.29 is 9.90 Å². The van der Waals surface area contributed by atoms with E-state index in [0.717, 1.165) is 5.56 Å². The highest BCUT2D eigenvalue weighted by molar-refractivity contribution is 14.1. The van der Waals surface area contributed by atoms with Gasteiger partial charge in [-0.2, -0.15) is 0 Å². The first kappa shape index (κ1) is 14.4. The Balaban J connectivity index is 2.51. The van der Waals surface area contributed by atoms with Crippen LogP contribution in [0.5, 0.6) is 0 Å². The van der Waals surface area contributed by atoms with Crippen LogP contribution in [0.15, 0.2) is 24.3 Å². The molecule has 0 unspecified atom stereocenters. The van der Waals surface area contributed by atoms with Gasteiger partial charge in [-0.05, 0) is 52.6 Å². The molecule has 0 fully saturated rings. The molecule has 0 saturated carbocycles. The van der Waals surface area contributed by atoms with E-state index >= 15 is 0 Å². The first-order valence-corrected chi connectivity index (χ1v) is 6.77. The first-order chi connectivity index (χ1) is 7.99. The van der Waals surface area contributed by atoms with E-state index in [9.17, 15) is 4.79 Å². The molecule has 0 amide bonds. The molecular formula is C13H18INO2. The molecule has 4 heteroatoms. The lowest BCUT2D eigenvalue weighted by atomic mass is 10.0. The van der Waals surface area contributed by atoms with Gasteiger partial charge in [0.05, 0.1) is 0 Å². The maximum Gasteiger partial charge on any atom is 0.320 e. The van der Waals surface area contributed by atoms with Crippen LogP contribution >= 0.6 is 22.6 Å². The summed E-state index contributed by atoms with van der Waals surface area (Å²) in [5.41, 5.74) is 1.11. The zero-order valence-electron chi connectivity index (χ0n) is 10.1. The zero-order valence-corrected chi connectivity index (χ0v) is 12.3. The fourth-order valence-corrected chi connectivity index (χ4v) is 1.95. The molecule has 0 saturated heterocycles. The molecule has 1 aromatic rings. The predicted molar refractivity (Wildman–Crippen MR) is 76.9 cm³/mol. The molecule has 2 N–H and O–H groups in total. The fourth-order valence-electron chi connectivity index (χ4n) is 1.59. The Kier molecular flexibility index (Phi) is 5.91. The van der Waals surface area contributed by atoms with Gasteiger partial charge in [0.25, 0.3) is 0 Å². The summed E-state index contributed by atoms with van der Waals surface area (Å²) in [6.07, 6.45) is 0.652. The van der Waals surface area contributed by atoms with Crippen molar-refractivity contribution >= 4 is 28.6 Å². The molecule has 3 nitrogen and oxygen atoms in total. The summed E-state index contributed by atoms with van der Waals surface area (Å²) in [5.74, 6) is -0.399. The van der Waals surface area contributed by atoms with Crippen LogP contribution in [-0.2, 0) is 11.3 Å². The summed E-state index contributed by atoms with van der Waals surface area (Å²) in [4.78, 5) is 11.0. The maximum absolute atomic E-state index is 11.0. The van der Waals surface area contributed by atoms with E-state index in [1.54, 1.807) is 0 Å². The standard InChI is InChI=1S/C13H18INO2/c1-9(2)7-12(13(16)17)15-8-10-3-5-11(14)6-4-10/h3-6,9,12,15H,7-8H2,1-2H3,(H,16,17)/t12-/m1/s1. The molecule has 17 heavy (non-hydrogen) atoms. The molecule has 0 aliphatic carbocycles. The third-order valence-electron chi connectivity index (χ3n) is 2.47. The van der Waals surface area contributed by atoms with Crippen molar-refractivity contribution in [3.05, 3.63) is 33.4 Å². The van der Waals surface area contributed by atoms with E-state index in [2.05, 4.69) is 27.9 Å². The molecule has 0 bridgehead atoms. The van der Waals surface area contributed by atoms with Gasteiger partial charge in [-0.15, -0.1) is 0 Å². The highest BCUT2D eigenvalue weighted by Crippen LogP contribution is 2.09. The number of carboxylic acid groups (broad SMARTS) is 1. The van der Waals surface area contributed by atoms with Gasteiger partial charge >= 0.3 is 5.97 Å². The average molecular weight is 347 g/mol. The lowest BCUT2D eigenvalue weighted by Crippen LogP contribution is -2.37. The van der Waals surface area contributed by atoms with Crippen LogP contribution in [0.25, 0.3) is 0 Å². The van der Waals surface area contributed by atoms with Crippen molar-refractivity contribution in [1.82, 2.24) is 5.32 Å². The second-order valence-corrected chi connectivity index (χ2v) is 5.77. The van der Waals surface area contributed by atoms with E-state index in [1.165, 1.54) is 3.57 Å². The zero-order chi connectivity index (χ0) is 12.8. The monoisotopic (exact) mass is 347 g/mol. The lowest BCUT2D eigenvalue weighted by molar-refractivity contribution is -0.140. The molecule has 1 rings (SSSR count). The van der Waals surface area contributed by atoms with E-state index in [1.807, 2.05) is 38.1 Å².